The van der Waals surface area contributed by atoms with E-state index < -0.39 is 4.92 Å². The molecular weight excluding hydrogens is 256 g/mol. The molecule has 0 unspecified atom stereocenters. The number of nitrogens with two attached hydrogens (primary N) is 1. The molecule has 0 amide bonds. The number of nitrogens with zero attached hydrogens (tertiary/aromatic N) is 2. The molecule has 6 nitrogen and oxygen atoms in total. The van der Waals surface area contributed by atoms with Crippen LogP contribution in [0.1, 0.15) is 11.1 Å². The van der Waals surface area contributed by atoms with Crippen LogP contribution in [0.5, 0.6) is 0 Å². The summed E-state index contributed by atoms with van der Waals surface area (Å²) in [5, 5.41) is 14.6. The van der Waals surface area contributed by atoms with Gasteiger partial charge in [0.15, 0.2) is 0 Å². The van der Waals surface area contributed by atoms with Crippen molar-refractivity contribution < 1.29 is 4.92 Å². The molecule has 6 heteroatoms. The van der Waals surface area contributed by atoms with E-state index in [2.05, 4.69) is 10.5 Å². The van der Waals surface area contributed by atoms with Gasteiger partial charge < -0.3 is 5.73 Å². The highest BCUT2D eigenvalue weighted by molar-refractivity contribution is 5.80. The third-order valence-electron chi connectivity index (χ3n) is 2.70. The van der Waals surface area contributed by atoms with Gasteiger partial charge in [-0.05, 0) is 35.4 Å². The number of anilines is 1. The van der Waals surface area contributed by atoms with Crippen molar-refractivity contribution in [2.24, 2.45) is 10.8 Å². The van der Waals surface area contributed by atoms with Gasteiger partial charge >= 0.3 is 0 Å². The van der Waals surface area contributed by atoms with E-state index in [0.29, 0.717) is 6.54 Å². The first-order valence-electron chi connectivity index (χ1n) is 6.01. The molecule has 0 saturated heterocycles. The Morgan fingerprint density at radius 2 is 1.80 bits per heavy atom. The van der Waals surface area contributed by atoms with Crippen LogP contribution in [-0.2, 0) is 6.54 Å². The zero-order valence-corrected chi connectivity index (χ0v) is 10.7. The predicted octanol–water partition coefficient (Wildman–Crippen LogP) is 2.50. The number of rotatable bonds is 5. The largest absolute Gasteiger partial charge is 0.326 e. The average molecular weight is 270 g/mol. The molecule has 0 aliphatic heterocycles. The predicted molar refractivity (Wildman–Crippen MR) is 78.6 cm³/mol. The zero-order valence-electron chi connectivity index (χ0n) is 10.7. The van der Waals surface area contributed by atoms with E-state index in [9.17, 15) is 10.1 Å². The van der Waals surface area contributed by atoms with Crippen molar-refractivity contribution in [3.63, 3.8) is 0 Å². The molecule has 2 rings (SSSR count). The van der Waals surface area contributed by atoms with Gasteiger partial charge in [-0.1, -0.05) is 12.1 Å². The van der Waals surface area contributed by atoms with Crippen molar-refractivity contribution in [2.45, 2.75) is 6.54 Å². The summed E-state index contributed by atoms with van der Waals surface area (Å²) >= 11 is 0. The van der Waals surface area contributed by atoms with Gasteiger partial charge in [-0.2, -0.15) is 5.10 Å². The Labute approximate surface area is 116 Å². The number of hydrogen-bond donors (Lipinski definition) is 2. The second kappa shape index (κ2) is 6.44. The van der Waals surface area contributed by atoms with Gasteiger partial charge in [0.2, 0.25) is 0 Å². The van der Waals surface area contributed by atoms with E-state index in [1.807, 2.05) is 24.3 Å². The first kappa shape index (κ1) is 13.7. The molecule has 3 N–H and O–H groups in total. The van der Waals surface area contributed by atoms with E-state index >= 15 is 0 Å². The zero-order chi connectivity index (χ0) is 14.4. The van der Waals surface area contributed by atoms with Crippen LogP contribution in [0.25, 0.3) is 0 Å². The van der Waals surface area contributed by atoms with Crippen LogP contribution in [0, 0.1) is 10.1 Å². The molecule has 0 heterocycles. The van der Waals surface area contributed by atoms with Crippen molar-refractivity contribution in [1.29, 1.82) is 0 Å². The normalized spacial score (nSPS) is 10.7. The quantitative estimate of drug-likeness (QED) is 0.496. The van der Waals surface area contributed by atoms with E-state index in [-0.39, 0.29) is 5.69 Å². The van der Waals surface area contributed by atoms with Crippen LogP contribution in [-0.4, -0.2) is 11.1 Å². The Hall–Kier alpha value is -2.73. The monoisotopic (exact) mass is 270 g/mol. The number of nitro groups is 1. The molecule has 0 bridgehead atoms. The lowest BCUT2D eigenvalue weighted by molar-refractivity contribution is -0.384. The van der Waals surface area contributed by atoms with Gasteiger partial charge in [-0.15, -0.1) is 0 Å². The number of non-ortho nitro benzene ring substituents is 1. The molecule has 0 aliphatic rings. The molecule has 0 aromatic heterocycles. The fraction of sp³-hybridized carbons (Fsp3) is 0.0714. The van der Waals surface area contributed by atoms with Crippen LogP contribution in [0.4, 0.5) is 11.4 Å². The van der Waals surface area contributed by atoms with Crippen molar-refractivity contribution in [1.82, 2.24) is 0 Å². The van der Waals surface area contributed by atoms with Crippen LogP contribution >= 0.6 is 0 Å². The third-order valence-corrected chi connectivity index (χ3v) is 2.70. The summed E-state index contributed by atoms with van der Waals surface area (Å²) in [4.78, 5) is 10.1. The standard InChI is InChI=1S/C14H14N4O2/c15-9-11-1-5-13(6-2-11)17-16-10-12-3-7-14(8-4-12)18(19)20/h1-8,10,17H,9,15H2/b16-10+. The summed E-state index contributed by atoms with van der Waals surface area (Å²) in [6.07, 6.45) is 1.60. The third kappa shape index (κ3) is 3.63. The molecule has 0 radical (unpaired) electrons. The molecule has 102 valence electrons. The molecule has 0 saturated carbocycles. The first-order chi connectivity index (χ1) is 9.69. The minimum atomic E-state index is -0.432. The Kier molecular flexibility index (Phi) is 4.41. The Bertz CT molecular complexity index is 606. The smallest absolute Gasteiger partial charge is 0.269 e. The lowest BCUT2D eigenvalue weighted by Gasteiger charge is -2.01. The summed E-state index contributed by atoms with van der Waals surface area (Å²) in [5.74, 6) is 0. The minimum absolute atomic E-state index is 0.0625. The van der Waals surface area contributed by atoms with Crippen LogP contribution in [0.2, 0.25) is 0 Å². The fourth-order valence-corrected chi connectivity index (χ4v) is 1.58. The summed E-state index contributed by atoms with van der Waals surface area (Å²) in [6.45, 7) is 0.506. The lowest BCUT2D eigenvalue weighted by atomic mass is 10.2. The maximum atomic E-state index is 10.5. The summed E-state index contributed by atoms with van der Waals surface area (Å²) in [5.41, 5.74) is 11.1. The number of benzene rings is 2. The Morgan fingerprint density at radius 1 is 1.15 bits per heavy atom. The van der Waals surface area contributed by atoms with Crippen LogP contribution in [0.15, 0.2) is 53.6 Å². The van der Waals surface area contributed by atoms with Crippen LogP contribution < -0.4 is 11.2 Å². The van der Waals surface area contributed by atoms with E-state index in [1.165, 1.54) is 12.1 Å². The molecule has 0 spiro atoms. The van der Waals surface area contributed by atoms with Crippen molar-refractivity contribution in [2.75, 3.05) is 5.43 Å². The van der Waals surface area contributed by atoms with E-state index in [0.717, 1.165) is 16.8 Å². The maximum absolute atomic E-state index is 10.5. The SMILES string of the molecule is NCc1ccc(N/N=C/c2ccc([N+](=O)[O-])cc2)cc1. The topological polar surface area (TPSA) is 93.5 Å². The van der Waals surface area contributed by atoms with Gasteiger partial charge in [0, 0.05) is 18.7 Å². The number of hydrazone groups is 1. The fourth-order valence-electron chi connectivity index (χ4n) is 1.58. The highest BCUT2D eigenvalue weighted by atomic mass is 16.6. The molecule has 20 heavy (non-hydrogen) atoms. The average Bonchev–Trinajstić information content (AvgIpc) is 2.48. The van der Waals surface area contributed by atoms with Gasteiger partial charge in [0.05, 0.1) is 16.8 Å². The molecule has 2 aromatic rings. The lowest BCUT2D eigenvalue weighted by Crippen LogP contribution is -1.96. The number of nitrogens with one attached hydrogen (secondary N) is 1. The number of hydrogen-bond acceptors (Lipinski definition) is 5. The Balaban J connectivity index is 1.96. The summed E-state index contributed by atoms with van der Waals surface area (Å²) < 4.78 is 0. The van der Waals surface area contributed by atoms with Crippen molar-refractivity contribution in [3.05, 3.63) is 69.8 Å². The molecule has 0 fully saturated rings. The highest BCUT2D eigenvalue weighted by Crippen LogP contribution is 2.11. The summed E-state index contributed by atoms with van der Waals surface area (Å²) in [6, 6.07) is 13.8. The van der Waals surface area contributed by atoms with E-state index in [1.54, 1.807) is 18.3 Å². The molecule has 0 atom stereocenters. The van der Waals surface area contributed by atoms with Crippen LogP contribution in [0.3, 0.4) is 0 Å². The maximum Gasteiger partial charge on any atom is 0.269 e. The second-order valence-corrected chi connectivity index (χ2v) is 4.12. The van der Waals surface area contributed by atoms with Gasteiger partial charge in [-0.3, -0.25) is 15.5 Å². The van der Waals surface area contributed by atoms with Gasteiger partial charge in [-0.25, -0.2) is 0 Å². The number of nitro benzene ring substituents is 1. The van der Waals surface area contributed by atoms with E-state index in [4.69, 9.17) is 5.73 Å². The summed E-state index contributed by atoms with van der Waals surface area (Å²) in [7, 11) is 0. The van der Waals surface area contributed by atoms with Crippen molar-refractivity contribution in [3.8, 4) is 0 Å². The first-order valence-corrected chi connectivity index (χ1v) is 6.01. The minimum Gasteiger partial charge on any atom is -0.326 e. The van der Waals surface area contributed by atoms with Gasteiger partial charge in [0.1, 0.15) is 0 Å². The van der Waals surface area contributed by atoms with Gasteiger partial charge in [0.25, 0.3) is 5.69 Å². The molecular formula is C14H14N4O2. The molecule has 2 aromatic carbocycles. The Morgan fingerprint density at radius 3 is 2.35 bits per heavy atom. The van der Waals surface area contributed by atoms with Crippen molar-refractivity contribution >= 4 is 17.6 Å². The second-order valence-electron chi connectivity index (χ2n) is 4.12. The molecule has 0 aliphatic carbocycles. The highest BCUT2D eigenvalue weighted by Gasteiger charge is 2.02.